The molecule has 1 heterocycles. The molecular weight excluding hydrogens is 293 g/mol. The van der Waals surface area contributed by atoms with Gasteiger partial charge in [0.05, 0.1) is 16.4 Å². The van der Waals surface area contributed by atoms with Crippen LogP contribution in [0.1, 0.15) is 15.2 Å². The number of nitrogens with one attached hydrogen (secondary N) is 1. The first-order chi connectivity index (χ1) is 8.56. The minimum atomic E-state index is -0.561. The molecule has 0 unspecified atom stereocenters. The molecule has 94 valence electrons. The molecule has 1 aromatic carbocycles. The van der Waals surface area contributed by atoms with Gasteiger partial charge in [-0.25, -0.2) is 4.39 Å². The summed E-state index contributed by atoms with van der Waals surface area (Å²) in [5.74, 6) is -1.03. The van der Waals surface area contributed by atoms with Crippen molar-refractivity contribution in [3.63, 3.8) is 0 Å². The molecule has 0 saturated carbocycles. The average molecular weight is 302 g/mol. The zero-order valence-electron chi connectivity index (χ0n) is 9.11. The van der Waals surface area contributed by atoms with Crippen molar-refractivity contribution in [3.8, 4) is 0 Å². The number of halogens is 2. The Morgan fingerprint density at radius 2 is 2.17 bits per heavy atom. The number of benzene rings is 1. The summed E-state index contributed by atoms with van der Waals surface area (Å²) < 4.78 is 14.1. The topological polar surface area (TPSA) is 29.1 Å². The second-order valence-electron chi connectivity index (χ2n) is 3.55. The summed E-state index contributed by atoms with van der Waals surface area (Å²) in [5.41, 5.74) is -0.00912. The Labute approximate surface area is 118 Å². The molecule has 0 atom stereocenters. The van der Waals surface area contributed by atoms with Gasteiger partial charge in [-0.3, -0.25) is 4.79 Å². The van der Waals surface area contributed by atoms with Crippen LogP contribution in [0, 0.1) is 5.82 Å². The lowest BCUT2D eigenvalue weighted by molar-refractivity contribution is 0.0947. The van der Waals surface area contributed by atoms with Gasteiger partial charge in [0.1, 0.15) is 5.82 Å². The molecule has 1 aromatic heterocycles. The molecule has 1 N–H and O–H groups in total. The van der Waals surface area contributed by atoms with Gasteiger partial charge in [-0.2, -0.15) is 0 Å². The van der Waals surface area contributed by atoms with Gasteiger partial charge < -0.3 is 5.32 Å². The van der Waals surface area contributed by atoms with Crippen LogP contribution >= 0.6 is 35.6 Å². The number of rotatable bonds is 3. The van der Waals surface area contributed by atoms with E-state index in [-0.39, 0.29) is 5.56 Å². The molecule has 0 bridgehead atoms. The molecule has 2 aromatic rings. The summed E-state index contributed by atoms with van der Waals surface area (Å²) >= 11 is 11.2. The molecule has 0 radical (unpaired) electrons. The zero-order chi connectivity index (χ0) is 13.1. The van der Waals surface area contributed by atoms with E-state index in [2.05, 4.69) is 17.9 Å². The summed E-state index contributed by atoms with van der Waals surface area (Å²) in [5, 5.41) is 2.64. The lowest BCUT2D eigenvalue weighted by Crippen LogP contribution is -2.23. The Morgan fingerprint density at radius 3 is 2.83 bits per heavy atom. The zero-order valence-corrected chi connectivity index (χ0v) is 11.6. The van der Waals surface area contributed by atoms with Crippen molar-refractivity contribution in [2.24, 2.45) is 0 Å². The molecule has 6 heteroatoms. The molecule has 0 saturated heterocycles. The van der Waals surface area contributed by atoms with E-state index in [0.717, 1.165) is 4.88 Å². The Morgan fingerprint density at radius 1 is 1.39 bits per heavy atom. The second kappa shape index (κ2) is 5.73. The fourth-order valence-corrected chi connectivity index (χ4v) is 2.63. The third-order valence-corrected chi connectivity index (χ3v) is 3.76. The van der Waals surface area contributed by atoms with Crippen molar-refractivity contribution >= 4 is 41.5 Å². The lowest BCUT2D eigenvalue weighted by Gasteiger charge is -2.05. The highest BCUT2D eigenvalue weighted by atomic mass is 35.5. The Kier molecular flexibility index (Phi) is 4.27. The standard InChI is InChI=1S/C12H9ClFNOS2/c13-11-4-2-8(18-11)6-15-12(16)9-5-7(17)1-3-10(9)14/h1-5,17H,6H2,(H,15,16). The normalized spacial score (nSPS) is 10.4. The van der Waals surface area contributed by atoms with Crippen LogP contribution < -0.4 is 5.32 Å². The van der Waals surface area contributed by atoms with Crippen LogP contribution in [0.5, 0.6) is 0 Å². The Balaban J connectivity index is 2.05. The average Bonchev–Trinajstić information content (AvgIpc) is 2.75. The van der Waals surface area contributed by atoms with Crippen LogP contribution in [-0.2, 0) is 6.54 Å². The maximum atomic E-state index is 13.4. The highest BCUT2D eigenvalue weighted by molar-refractivity contribution is 7.80. The van der Waals surface area contributed by atoms with Crippen molar-refractivity contribution in [2.45, 2.75) is 11.4 Å². The number of carbonyl (C=O) groups excluding carboxylic acids is 1. The van der Waals surface area contributed by atoms with Gasteiger partial charge in [-0.15, -0.1) is 24.0 Å². The van der Waals surface area contributed by atoms with E-state index in [1.54, 1.807) is 6.07 Å². The van der Waals surface area contributed by atoms with Crippen molar-refractivity contribution < 1.29 is 9.18 Å². The van der Waals surface area contributed by atoms with Gasteiger partial charge in [-0.05, 0) is 30.3 Å². The minimum absolute atomic E-state index is 0.00912. The first-order valence-electron chi connectivity index (χ1n) is 5.07. The van der Waals surface area contributed by atoms with Crippen LogP contribution in [0.2, 0.25) is 4.34 Å². The molecule has 0 fully saturated rings. The minimum Gasteiger partial charge on any atom is -0.347 e. The van der Waals surface area contributed by atoms with Gasteiger partial charge in [0.15, 0.2) is 0 Å². The van der Waals surface area contributed by atoms with Crippen LogP contribution in [0.25, 0.3) is 0 Å². The van der Waals surface area contributed by atoms with Crippen LogP contribution in [0.3, 0.4) is 0 Å². The number of amides is 1. The largest absolute Gasteiger partial charge is 0.347 e. The number of thiophene rings is 1. The number of thiol groups is 1. The molecule has 2 rings (SSSR count). The van der Waals surface area contributed by atoms with E-state index in [1.807, 2.05) is 6.07 Å². The van der Waals surface area contributed by atoms with Crippen molar-refractivity contribution in [1.29, 1.82) is 0 Å². The molecule has 1 amide bonds. The lowest BCUT2D eigenvalue weighted by atomic mass is 10.2. The summed E-state index contributed by atoms with van der Waals surface area (Å²) in [4.78, 5) is 13.2. The fourth-order valence-electron chi connectivity index (χ4n) is 1.40. The molecule has 2 nitrogen and oxygen atoms in total. The van der Waals surface area contributed by atoms with E-state index < -0.39 is 11.7 Å². The number of hydrogen-bond donors (Lipinski definition) is 2. The third kappa shape index (κ3) is 3.25. The van der Waals surface area contributed by atoms with Gasteiger partial charge >= 0.3 is 0 Å². The SMILES string of the molecule is O=C(NCc1ccc(Cl)s1)c1cc(S)ccc1F. The van der Waals surface area contributed by atoms with E-state index in [0.29, 0.717) is 15.8 Å². The van der Waals surface area contributed by atoms with E-state index in [4.69, 9.17) is 11.6 Å². The molecule has 0 aliphatic heterocycles. The highest BCUT2D eigenvalue weighted by Crippen LogP contribution is 2.21. The smallest absolute Gasteiger partial charge is 0.254 e. The number of hydrogen-bond acceptors (Lipinski definition) is 3. The molecular formula is C12H9ClFNOS2. The van der Waals surface area contributed by atoms with Gasteiger partial charge in [0.2, 0.25) is 0 Å². The summed E-state index contributed by atoms with van der Waals surface area (Å²) in [6.07, 6.45) is 0. The monoisotopic (exact) mass is 301 g/mol. The highest BCUT2D eigenvalue weighted by Gasteiger charge is 2.11. The summed E-state index contributed by atoms with van der Waals surface area (Å²) in [6.45, 7) is 0.326. The van der Waals surface area contributed by atoms with Crippen LogP contribution in [0.15, 0.2) is 35.2 Å². The van der Waals surface area contributed by atoms with Gasteiger partial charge in [0, 0.05) is 9.77 Å². The van der Waals surface area contributed by atoms with E-state index >= 15 is 0 Å². The number of carbonyl (C=O) groups is 1. The van der Waals surface area contributed by atoms with Crippen molar-refractivity contribution in [3.05, 3.63) is 50.9 Å². The predicted octanol–water partition coefficient (Wildman–Crippen LogP) is 3.76. The summed E-state index contributed by atoms with van der Waals surface area (Å²) in [6, 6.07) is 7.68. The molecule has 0 aliphatic rings. The Hall–Kier alpha value is -1.04. The van der Waals surface area contributed by atoms with Crippen molar-refractivity contribution in [2.75, 3.05) is 0 Å². The maximum absolute atomic E-state index is 13.4. The Bertz CT molecular complexity index is 585. The quantitative estimate of drug-likeness (QED) is 0.831. The van der Waals surface area contributed by atoms with E-state index in [1.165, 1.54) is 29.5 Å². The van der Waals surface area contributed by atoms with Crippen molar-refractivity contribution in [1.82, 2.24) is 5.32 Å². The van der Waals surface area contributed by atoms with Gasteiger partial charge in [-0.1, -0.05) is 11.6 Å². The first-order valence-corrected chi connectivity index (χ1v) is 6.71. The summed E-state index contributed by atoms with van der Waals surface area (Å²) in [7, 11) is 0. The first kappa shape index (κ1) is 13.4. The molecule has 0 spiro atoms. The third-order valence-electron chi connectivity index (χ3n) is 2.25. The van der Waals surface area contributed by atoms with Crippen LogP contribution in [0.4, 0.5) is 4.39 Å². The molecule has 18 heavy (non-hydrogen) atoms. The second-order valence-corrected chi connectivity index (χ2v) is 5.87. The predicted molar refractivity (Wildman–Crippen MR) is 74.2 cm³/mol. The van der Waals surface area contributed by atoms with Gasteiger partial charge in [0.25, 0.3) is 5.91 Å². The van der Waals surface area contributed by atoms with E-state index in [9.17, 15) is 9.18 Å². The maximum Gasteiger partial charge on any atom is 0.254 e. The van der Waals surface area contributed by atoms with Crippen LogP contribution in [-0.4, -0.2) is 5.91 Å². The fraction of sp³-hybridized carbons (Fsp3) is 0.0833. The molecule has 0 aliphatic carbocycles.